The van der Waals surface area contributed by atoms with Gasteiger partial charge in [-0.3, -0.25) is 4.79 Å². The normalized spacial score (nSPS) is 19.3. The molecule has 8 nitrogen and oxygen atoms in total. The first-order chi connectivity index (χ1) is 10.2. The SMILES string of the molecule is Cc1oc(CNC(=O)[C@@H]2CCCN2S(C)(=O)=O)cc1C(=O)O. The van der Waals surface area contributed by atoms with Gasteiger partial charge < -0.3 is 14.8 Å². The van der Waals surface area contributed by atoms with Gasteiger partial charge in [0, 0.05) is 6.54 Å². The van der Waals surface area contributed by atoms with Gasteiger partial charge >= 0.3 is 5.97 Å². The van der Waals surface area contributed by atoms with E-state index >= 15 is 0 Å². The van der Waals surface area contributed by atoms with Crippen molar-refractivity contribution in [1.29, 1.82) is 0 Å². The Balaban J connectivity index is 2.01. The molecule has 0 aromatic carbocycles. The summed E-state index contributed by atoms with van der Waals surface area (Å²) in [4.78, 5) is 23.0. The number of carboxylic acids is 1. The number of carboxylic acid groups (broad SMARTS) is 1. The molecule has 2 N–H and O–H groups in total. The minimum atomic E-state index is -3.42. The third-order valence-corrected chi connectivity index (χ3v) is 4.86. The zero-order valence-corrected chi connectivity index (χ0v) is 13.1. The zero-order chi connectivity index (χ0) is 16.5. The Morgan fingerprint density at radius 3 is 2.73 bits per heavy atom. The molecule has 0 saturated carbocycles. The second kappa shape index (κ2) is 6.09. The van der Waals surface area contributed by atoms with Crippen LogP contribution >= 0.6 is 0 Å². The lowest BCUT2D eigenvalue weighted by Gasteiger charge is -2.21. The number of carbonyl (C=O) groups is 2. The van der Waals surface area contributed by atoms with Gasteiger partial charge in [0.25, 0.3) is 0 Å². The predicted octanol–water partition coefficient (Wildman–Crippen LogP) is 0.326. The van der Waals surface area contributed by atoms with Crippen LogP contribution in [-0.2, 0) is 21.4 Å². The van der Waals surface area contributed by atoms with Crippen LogP contribution in [-0.4, -0.2) is 48.5 Å². The van der Waals surface area contributed by atoms with Crippen molar-refractivity contribution < 1.29 is 27.5 Å². The summed E-state index contributed by atoms with van der Waals surface area (Å²) in [7, 11) is -3.42. The number of nitrogens with zero attached hydrogens (tertiary/aromatic N) is 1. The fourth-order valence-electron chi connectivity index (χ4n) is 2.53. The van der Waals surface area contributed by atoms with Gasteiger partial charge in [0.05, 0.1) is 12.8 Å². The number of sulfonamides is 1. The third kappa shape index (κ3) is 3.47. The molecular weight excluding hydrogens is 312 g/mol. The summed E-state index contributed by atoms with van der Waals surface area (Å²) in [6.07, 6.45) is 2.18. The van der Waals surface area contributed by atoms with Crippen LogP contribution in [0.3, 0.4) is 0 Å². The maximum atomic E-state index is 12.1. The predicted molar refractivity (Wildman–Crippen MR) is 76.8 cm³/mol. The standard InChI is InChI=1S/C13H18N2O6S/c1-8-10(13(17)18)6-9(21-8)7-14-12(16)11-4-3-5-15(11)22(2,19)20/h6,11H,3-5,7H2,1-2H3,(H,14,16)(H,17,18)/t11-/m0/s1. The molecular formula is C13H18N2O6S. The Morgan fingerprint density at radius 2 is 2.18 bits per heavy atom. The van der Waals surface area contributed by atoms with Crippen LogP contribution in [0.15, 0.2) is 10.5 Å². The fraction of sp³-hybridized carbons (Fsp3) is 0.538. The van der Waals surface area contributed by atoms with Crippen LogP contribution in [0, 0.1) is 6.92 Å². The second-order valence-corrected chi connectivity index (χ2v) is 7.17. The lowest BCUT2D eigenvalue weighted by atomic mass is 10.2. The molecule has 2 rings (SSSR count). The second-order valence-electron chi connectivity index (χ2n) is 5.24. The van der Waals surface area contributed by atoms with E-state index in [1.807, 2.05) is 0 Å². The number of carbonyl (C=O) groups excluding carboxylic acids is 1. The van der Waals surface area contributed by atoms with Gasteiger partial charge in [-0.2, -0.15) is 4.31 Å². The van der Waals surface area contributed by atoms with Gasteiger partial charge in [0.15, 0.2) is 0 Å². The van der Waals surface area contributed by atoms with Crippen molar-refractivity contribution in [2.45, 2.75) is 32.4 Å². The summed E-state index contributed by atoms with van der Waals surface area (Å²) in [5.41, 5.74) is 0.0443. The highest BCUT2D eigenvalue weighted by Crippen LogP contribution is 2.21. The summed E-state index contributed by atoms with van der Waals surface area (Å²) in [5, 5.41) is 11.5. The van der Waals surface area contributed by atoms with Crippen molar-refractivity contribution in [3.8, 4) is 0 Å². The molecule has 0 unspecified atom stereocenters. The fourth-order valence-corrected chi connectivity index (χ4v) is 3.66. The Hall–Kier alpha value is -1.87. The highest BCUT2D eigenvalue weighted by Gasteiger charge is 2.36. The van der Waals surface area contributed by atoms with E-state index in [1.165, 1.54) is 17.3 Å². The highest BCUT2D eigenvalue weighted by atomic mass is 32.2. The number of aromatic carboxylic acids is 1. The van der Waals surface area contributed by atoms with E-state index in [-0.39, 0.29) is 17.9 Å². The van der Waals surface area contributed by atoms with Crippen LogP contribution in [0.5, 0.6) is 0 Å². The smallest absolute Gasteiger partial charge is 0.339 e. The Labute approximate surface area is 128 Å². The number of rotatable bonds is 5. The molecule has 1 amide bonds. The van der Waals surface area contributed by atoms with Gasteiger partial charge in [-0.15, -0.1) is 0 Å². The first-order valence-corrected chi connectivity index (χ1v) is 8.62. The zero-order valence-electron chi connectivity index (χ0n) is 12.3. The number of aryl methyl sites for hydroxylation is 1. The van der Waals surface area contributed by atoms with Crippen LogP contribution in [0.25, 0.3) is 0 Å². The number of hydrogen-bond donors (Lipinski definition) is 2. The first kappa shape index (κ1) is 16.5. The van der Waals surface area contributed by atoms with Gasteiger partial charge in [-0.05, 0) is 25.8 Å². The van der Waals surface area contributed by atoms with E-state index in [2.05, 4.69) is 5.32 Å². The van der Waals surface area contributed by atoms with Crippen molar-refractivity contribution in [2.24, 2.45) is 0 Å². The molecule has 1 aliphatic heterocycles. The molecule has 0 aliphatic carbocycles. The highest BCUT2D eigenvalue weighted by molar-refractivity contribution is 7.88. The summed E-state index contributed by atoms with van der Waals surface area (Å²) in [6.45, 7) is 1.87. The van der Waals surface area contributed by atoms with Crippen molar-refractivity contribution >= 4 is 21.9 Å². The van der Waals surface area contributed by atoms with Crippen LogP contribution in [0.1, 0.15) is 34.7 Å². The molecule has 2 heterocycles. The van der Waals surface area contributed by atoms with Gasteiger partial charge in [-0.25, -0.2) is 13.2 Å². The van der Waals surface area contributed by atoms with E-state index in [0.29, 0.717) is 25.1 Å². The summed E-state index contributed by atoms with van der Waals surface area (Å²) >= 11 is 0. The maximum absolute atomic E-state index is 12.1. The van der Waals surface area contributed by atoms with E-state index in [4.69, 9.17) is 9.52 Å². The van der Waals surface area contributed by atoms with E-state index in [0.717, 1.165) is 6.26 Å². The lowest BCUT2D eigenvalue weighted by molar-refractivity contribution is -0.124. The average molecular weight is 330 g/mol. The Morgan fingerprint density at radius 1 is 1.50 bits per heavy atom. The van der Waals surface area contributed by atoms with E-state index in [9.17, 15) is 18.0 Å². The first-order valence-electron chi connectivity index (χ1n) is 6.77. The van der Waals surface area contributed by atoms with Crippen molar-refractivity contribution in [1.82, 2.24) is 9.62 Å². The molecule has 9 heteroatoms. The molecule has 1 saturated heterocycles. The number of amides is 1. The largest absolute Gasteiger partial charge is 0.478 e. The van der Waals surface area contributed by atoms with Gasteiger partial charge in [0.1, 0.15) is 23.1 Å². The Kier molecular flexibility index (Phi) is 4.57. The molecule has 0 spiro atoms. The van der Waals surface area contributed by atoms with Crippen molar-refractivity contribution in [2.75, 3.05) is 12.8 Å². The van der Waals surface area contributed by atoms with Gasteiger partial charge in [0.2, 0.25) is 15.9 Å². The molecule has 1 fully saturated rings. The minimum absolute atomic E-state index is 0.0149. The van der Waals surface area contributed by atoms with Crippen LogP contribution in [0.2, 0.25) is 0 Å². The monoisotopic (exact) mass is 330 g/mol. The van der Waals surface area contributed by atoms with Crippen molar-refractivity contribution in [3.63, 3.8) is 0 Å². The molecule has 122 valence electrons. The summed E-state index contributed by atoms with van der Waals surface area (Å²) in [5.74, 6) is -0.936. The maximum Gasteiger partial charge on any atom is 0.339 e. The summed E-state index contributed by atoms with van der Waals surface area (Å²) in [6, 6.07) is 0.631. The lowest BCUT2D eigenvalue weighted by Crippen LogP contribution is -2.45. The van der Waals surface area contributed by atoms with E-state index < -0.39 is 27.9 Å². The Bertz CT molecular complexity index is 693. The number of hydrogen-bond acceptors (Lipinski definition) is 5. The molecule has 1 atom stereocenters. The van der Waals surface area contributed by atoms with Gasteiger partial charge in [-0.1, -0.05) is 0 Å². The molecule has 22 heavy (non-hydrogen) atoms. The molecule has 1 aromatic heterocycles. The third-order valence-electron chi connectivity index (χ3n) is 3.57. The summed E-state index contributed by atoms with van der Waals surface area (Å²) < 4.78 is 29.7. The molecule has 0 bridgehead atoms. The number of furan rings is 1. The van der Waals surface area contributed by atoms with E-state index in [1.54, 1.807) is 0 Å². The molecule has 1 aliphatic rings. The minimum Gasteiger partial charge on any atom is -0.478 e. The van der Waals surface area contributed by atoms with Crippen LogP contribution < -0.4 is 5.32 Å². The topological polar surface area (TPSA) is 117 Å². The van der Waals surface area contributed by atoms with Crippen LogP contribution in [0.4, 0.5) is 0 Å². The molecule has 0 radical (unpaired) electrons. The molecule has 1 aromatic rings. The average Bonchev–Trinajstić information content (AvgIpc) is 3.01. The number of nitrogens with one attached hydrogen (secondary N) is 1. The quantitative estimate of drug-likeness (QED) is 0.803. The van der Waals surface area contributed by atoms with Crippen molar-refractivity contribution in [3.05, 3.63) is 23.2 Å².